The summed E-state index contributed by atoms with van der Waals surface area (Å²) in [4.78, 5) is 13.3. The minimum absolute atomic E-state index is 0.0633. The third-order valence-electron chi connectivity index (χ3n) is 4.74. The van der Waals surface area contributed by atoms with E-state index >= 15 is 0 Å². The average molecular weight is 511 g/mol. The van der Waals surface area contributed by atoms with Crippen molar-refractivity contribution < 1.29 is 35.9 Å². The lowest BCUT2D eigenvalue weighted by Crippen LogP contribution is -2.35. The second kappa shape index (κ2) is 8.45. The number of alkyl halides is 6. The van der Waals surface area contributed by atoms with E-state index in [1.807, 2.05) is 0 Å². The molecule has 1 aliphatic heterocycles. The highest BCUT2D eigenvalue weighted by Crippen LogP contribution is 2.46. The molecular formula is C19H13ClF6N4O2S. The number of benzene rings is 1. The van der Waals surface area contributed by atoms with Crippen LogP contribution in [0.5, 0.6) is 5.75 Å². The molecule has 2 N–H and O–H groups in total. The standard InChI is InChI=1S/C19H13ClF6N4O2S/c20-14-15(17(31)27-9-3-5-10(6-4-9)32-19(24,25)26)29-30-13(18(21,22)23)8-11(28-16(14)30)12-2-1-7-33-12/h1-7,11,13,28H,8H2,(H,27,31)/t11-,13+/m0/s1. The summed E-state index contributed by atoms with van der Waals surface area (Å²) in [6.45, 7) is 0. The lowest BCUT2D eigenvalue weighted by Gasteiger charge is -2.32. The first kappa shape index (κ1) is 23.2. The summed E-state index contributed by atoms with van der Waals surface area (Å²) in [6.07, 6.45) is -9.88. The number of aromatic nitrogens is 2. The van der Waals surface area contributed by atoms with Gasteiger partial charge in [0, 0.05) is 17.0 Å². The zero-order valence-corrected chi connectivity index (χ0v) is 17.7. The molecule has 0 saturated heterocycles. The lowest BCUT2D eigenvalue weighted by molar-refractivity contribution is -0.274. The molecule has 0 radical (unpaired) electrons. The number of halogens is 7. The molecule has 0 bridgehead atoms. The highest BCUT2D eigenvalue weighted by atomic mass is 35.5. The normalized spacial score (nSPS) is 18.4. The van der Waals surface area contributed by atoms with E-state index in [1.165, 1.54) is 11.3 Å². The minimum atomic E-state index is -4.88. The third-order valence-corrected chi connectivity index (χ3v) is 6.09. The summed E-state index contributed by atoms with van der Waals surface area (Å²) in [5.41, 5.74) is -0.399. The first-order valence-corrected chi connectivity index (χ1v) is 10.5. The Morgan fingerprint density at radius 2 is 1.88 bits per heavy atom. The molecule has 1 amide bonds. The van der Waals surface area contributed by atoms with Gasteiger partial charge in [-0.05, 0) is 35.7 Å². The van der Waals surface area contributed by atoms with Crippen LogP contribution in [-0.2, 0) is 0 Å². The Hall–Kier alpha value is -2.93. The number of anilines is 2. The van der Waals surface area contributed by atoms with Crippen LogP contribution >= 0.6 is 22.9 Å². The molecule has 2 atom stereocenters. The largest absolute Gasteiger partial charge is 0.573 e. The van der Waals surface area contributed by atoms with Gasteiger partial charge >= 0.3 is 12.5 Å². The number of hydrogen-bond donors (Lipinski definition) is 2. The molecule has 3 heterocycles. The second-order valence-corrected chi connectivity index (χ2v) is 8.34. The van der Waals surface area contributed by atoms with E-state index in [0.29, 0.717) is 9.56 Å². The van der Waals surface area contributed by atoms with Crippen LogP contribution in [0.2, 0.25) is 5.02 Å². The third kappa shape index (κ3) is 5.03. The molecule has 0 unspecified atom stereocenters. The molecule has 14 heteroatoms. The van der Waals surface area contributed by atoms with Crippen LogP contribution in [0.1, 0.15) is 33.9 Å². The highest BCUT2D eigenvalue weighted by molar-refractivity contribution is 7.10. The van der Waals surface area contributed by atoms with Crippen LogP contribution in [0.4, 0.5) is 37.8 Å². The van der Waals surface area contributed by atoms with Crippen molar-refractivity contribution in [2.24, 2.45) is 0 Å². The van der Waals surface area contributed by atoms with E-state index in [4.69, 9.17) is 11.6 Å². The summed E-state index contributed by atoms with van der Waals surface area (Å²) >= 11 is 7.51. The predicted octanol–water partition coefficient (Wildman–Crippen LogP) is 6.41. The van der Waals surface area contributed by atoms with Crippen molar-refractivity contribution in [3.63, 3.8) is 0 Å². The van der Waals surface area contributed by atoms with Gasteiger partial charge in [0.1, 0.15) is 16.6 Å². The molecule has 0 spiro atoms. The molecule has 0 fully saturated rings. The number of thiophene rings is 1. The summed E-state index contributed by atoms with van der Waals surface area (Å²) in [7, 11) is 0. The maximum Gasteiger partial charge on any atom is 0.573 e. The maximum atomic E-state index is 13.8. The van der Waals surface area contributed by atoms with Gasteiger partial charge in [0.05, 0.1) is 6.04 Å². The van der Waals surface area contributed by atoms with Crippen LogP contribution in [0.25, 0.3) is 0 Å². The minimum Gasteiger partial charge on any atom is -0.406 e. The Kier molecular flexibility index (Phi) is 5.95. The molecule has 3 aromatic rings. The van der Waals surface area contributed by atoms with Crippen LogP contribution in [-0.4, -0.2) is 28.2 Å². The Bertz CT molecular complexity index is 1140. The fourth-order valence-electron chi connectivity index (χ4n) is 3.34. The first-order chi connectivity index (χ1) is 15.4. The summed E-state index contributed by atoms with van der Waals surface area (Å²) < 4.78 is 82.4. The van der Waals surface area contributed by atoms with Gasteiger partial charge in [0.2, 0.25) is 0 Å². The Morgan fingerprint density at radius 1 is 1.18 bits per heavy atom. The van der Waals surface area contributed by atoms with Crippen LogP contribution in [0, 0.1) is 0 Å². The van der Waals surface area contributed by atoms with Crippen molar-refractivity contribution in [2.75, 3.05) is 10.6 Å². The van der Waals surface area contributed by atoms with E-state index in [2.05, 4.69) is 20.5 Å². The number of ether oxygens (including phenoxy) is 1. The first-order valence-electron chi connectivity index (χ1n) is 9.24. The molecule has 1 aromatic carbocycles. The van der Waals surface area contributed by atoms with Crippen molar-refractivity contribution in [3.05, 3.63) is 57.4 Å². The summed E-state index contributed by atoms with van der Waals surface area (Å²) in [5.74, 6) is -1.59. The molecule has 2 aromatic heterocycles. The number of rotatable bonds is 4. The van der Waals surface area contributed by atoms with Crippen molar-refractivity contribution in [2.45, 2.75) is 31.0 Å². The topological polar surface area (TPSA) is 68.2 Å². The van der Waals surface area contributed by atoms with Crippen molar-refractivity contribution in [1.29, 1.82) is 0 Å². The number of hydrogen-bond acceptors (Lipinski definition) is 5. The van der Waals surface area contributed by atoms with E-state index in [9.17, 15) is 31.1 Å². The van der Waals surface area contributed by atoms with Crippen LogP contribution < -0.4 is 15.4 Å². The van der Waals surface area contributed by atoms with Gasteiger partial charge < -0.3 is 15.4 Å². The van der Waals surface area contributed by atoms with Gasteiger partial charge in [-0.15, -0.1) is 24.5 Å². The Balaban J connectivity index is 1.59. The quantitative estimate of drug-likeness (QED) is 0.398. The van der Waals surface area contributed by atoms with Gasteiger partial charge in [-0.2, -0.15) is 18.3 Å². The number of carbonyl (C=O) groups is 1. The fourth-order valence-corrected chi connectivity index (χ4v) is 4.40. The Labute approximate surface area is 191 Å². The van der Waals surface area contributed by atoms with Gasteiger partial charge in [-0.25, -0.2) is 4.68 Å². The Morgan fingerprint density at radius 3 is 2.45 bits per heavy atom. The molecule has 0 saturated carbocycles. The van der Waals surface area contributed by atoms with Gasteiger partial charge in [0.15, 0.2) is 11.7 Å². The van der Waals surface area contributed by atoms with Gasteiger partial charge in [-0.3, -0.25) is 4.79 Å². The maximum absolute atomic E-state index is 13.8. The van der Waals surface area contributed by atoms with E-state index in [-0.39, 0.29) is 22.9 Å². The monoisotopic (exact) mass is 510 g/mol. The molecule has 33 heavy (non-hydrogen) atoms. The number of nitrogens with one attached hydrogen (secondary N) is 2. The molecule has 1 aliphatic rings. The molecular weight excluding hydrogens is 498 g/mol. The highest BCUT2D eigenvalue weighted by Gasteiger charge is 2.48. The van der Waals surface area contributed by atoms with Gasteiger partial charge in [-0.1, -0.05) is 17.7 Å². The van der Waals surface area contributed by atoms with E-state index < -0.39 is 42.0 Å². The van der Waals surface area contributed by atoms with Crippen LogP contribution in [0.3, 0.4) is 0 Å². The summed E-state index contributed by atoms with van der Waals surface area (Å²) in [6, 6.07) is 4.90. The molecule has 6 nitrogen and oxygen atoms in total. The van der Waals surface area contributed by atoms with Crippen molar-refractivity contribution >= 4 is 40.4 Å². The summed E-state index contributed by atoms with van der Waals surface area (Å²) in [5, 5.41) is 10.5. The molecule has 0 aliphatic carbocycles. The van der Waals surface area contributed by atoms with Crippen molar-refractivity contribution in [1.82, 2.24) is 9.78 Å². The smallest absolute Gasteiger partial charge is 0.406 e. The number of amides is 1. The van der Waals surface area contributed by atoms with E-state index in [0.717, 1.165) is 24.3 Å². The number of fused-ring (bicyclic) bond motifs is 1. The van der Waals surface area contributed by atoms with E-state index in [1.54, 1.807) is 17.5 Å². The zero-order chi connectivity index (χ0) is 24.0. The zero-order valence-electron chi connectivity index (χ0n) is 16.2. The number of nitrogens with zero attached hydrogens (tertiary/aromatic N) is 2. The van der Waals surface area contributed by atoms with Gasteiger partial charge in [0.25, 0.3) is 5.91 Å². The number of carbonyl (C=O) groups excluding carboxylic acids is 1. The fraction of sp³-hybridized carbons (Fsp3) is 0.263. The second-order valence-electron chi connectivity index (χ2n) is 6.99. The van der Waals surface area contributed by atoms with Crippen LogP contribution in [0.15, 0.2) is 41.8 Å². The average Bonchev–Trinajstić information content (AvgIpc) is 3.36. The predicted molar refractivity (Wildman–Crippen MR) is 109 cm³/mol. The lowest BCUT2D eigenvalue weighted by atomic mass is 10.0. The van der Waals surface area contributed by atoms with Crippen molar-refractivity contribution in [3.8, 4) is 5.75 Å². The molecule has 176 valence electrons. The molecule has 4 rings (SSSR count). The SMILES string of the molecule is O=C(Nc1ccc(OC(F)(F)F)cc1)c1nn2c(c1Cl)N[C@H](c1cccs1)C[C@@H]2C(F)(F)F.